The molecule has 0 unspecified atom stereocenters. The molecule has 2 heterocycles. The molecule has 0 bridgehead atoms. The van der Waals surface area contributed by atoms with Gasteiger partial charge in [0.1, 0.15) is 5.15 Å². The average Bonchev–Trinajstić information content (AvgIpc) is 3.00. The first-order valence-corrected chi connectivity index (χ1v) is 7.72. The summed E-state index contributed by atoms with van der Waals surface area (Å²) in [7, 11) is 5.68. The Morgan fingerprint density at radius 1 is 1.52 bits per heavy atom. The number of aryl methyl sites for hydroxylation is 2. The normalized spacial score (nSPS) is 10.7. The van der Waals surface area contributed by atoms with Crippen LogP contribution >= 0.6 is 22.9 Å². The Hall–Kier alpha value is -1.60. The first kappa shape index (κ1) is 15.8. The van der Waals surface area contributed by atoms with Gasteiger partial charge in [-0.3, -0.25) is 9.48 Å². The van der Waals surface area contributed by atoms with Crippen molar-refractivity contribution in [2.24, 2.45) is 7.05 Å². The van der Waals surface area contributed by atoms with Crippen LogP contribution in [0.3, 0.4) is 0 Å². The van der Waals surface area contributed by atoms with Crippen LogP contribution < -0.4 is 10.2 Å². The Bertz CT molecular complexity index is 622. The molecule has 8 heteroatoms. The topological polar surface area (TPSA) is 63.1 Å². The van der Waals surface area contributed by atoms with Gasteiger partial charge in [0, 0.05) is 33.8 Å². The highest BCUT2D eigenvalue weighted by Gasteiger charge is 2.12. The molecule has 0 fully saturated rings. The van der Waals surface area contributed by atoms with Crippen molar-refractivity contribution in [3.8, 4) is 0 Å². The van der Waals surface area contributed by atoms with Crippen LogP contribution in [-0.2, 0) is 24.8 Å². The van der Waals surface area contributed by atoms with E-state index in [9.17, 15) is 4.79 Å². The highest BCUT2D eigenvalue weighted by molar-refractivity contribution is 7.16. The summed E-state index contributed by atoms with van der Waals surface area (Å²) in [5, 5.41) is 8.23. The third-order valence-corrected chi connectivity index (χ3v) is 4.51. The summed E-state index contributed by atoms with van der Waals surface area (Å²) in [6, 6.07) is 0. The van der Waals surface area contributed by atoms with E-state index in [2.05, 4.69) is 15.4 Å². The Labute approximate surface area is 132 Å². The van der Waals surface area contributed by atoms with Crippen molar-refractivity contribution in [1.82, 2.24) is 20.1 Å². The molecule has 2 rings (SSSR count). The molecule has 0 saturated carbocycles. The van der Waals surface area contributed by atoms with Gasteiger partial charge < -0.3 is 10.2 Å². The van der Waals surface area contributed by atoms with E-state index >= 15 is 0 Å². The van der Waals surface area contributed by atoms with Gasteiger partial charge >= 0.3 is 0 Å². The predicted molar refractivity (Wildman–Crippen MR) is 84.8 cm³/mol. The van der Waals surface area contributed by atoms with E-state index < -0.39 is 0 Å². The summed E-state index contributed by atoms with van der Waals surface area (Å²) >= 11 is 7.54. The monoisotopic (exact) mass is 327 g/mol. The largest absolute Gasteiger partial charge is 0.354 e. The van der Waals surface area contributed by atoms with Crippen molar-refractivity contribution in [2.75, 3.05) is 19.0 Å². The van der Waals surface area contributed by atoms with Crippen LogP contribution in [0.25, 0.3) is 0 Å². The Morgan fingerprint density at radius 3 is 2.86 bits per heavy atom. The minimum absolute atomic E-state index is 0.00489. The SMILES string of the molecule is CN(C)c1nc(Cl)c(CNC(=O)CCc2cnn(C)c2)s1. The number of aromatic nitrogens is 3. The van der Waals surface area contributed by atoms with Gasteiger partial charge in [-0.1, -0.05) is 22.9 Å². The fourth-order valence-corrected chi connectivity index (χ4v) is 2.87. The van der Waals surface area contributed by atoms with Crippen molar-refractivity contribution >= 4 is 34.0 Å². The van der Waals surface area contributed by atoms with Crippen LogP contribution in [0.2, 0.25) is 5.15 Å². The van der Waals surface area contributed by atoms with Gasteiger partial charge in [0.2, 0.25) is 5.91 Å². The number of thiazole rings is 1. The maximum Gasteiger partial charge on any atom is 0.220 e. The molecule has 0 spiro atoms. The third-order valence-electron chi connectivity index (χ3n) is 2.87. The first-order valence-electron chi connectivity index (χ1n) is 6.52. The predicted octanol–water partition coefficient (Wildman–Crippen LogP) is 1.84. The van der Waals surface area contributed by atoms with E-state index in [-0.39, 0.29) is 5.91 Å². The van der Waals surface area contributed by atoms with Crippen molar-refractivity contribution in [3.63, 3.8) is 0 Å². The minimum atomic E-state index is -0.00489. The van der Waals surface area contributed by atoms with Crippen molar-refractivity contribution in [1.29, 1.82) is 0 Å². The van der Waals surface area contributed by atoms with Gasteiger partial charge in [-0.25, -0.2) is 4.98 Å². The number of nitrogens with zero attached hydrogens (tertiary/aromatic N) is 4. The van der Waals surface area contributed by atoms with Crippen LogP contribution in [-0.4, -0.2) is 34.8 Å². The molecular weight excluding hydrogens is 310 g/mol. The van der Waals surface area contributed by atoms with E-state index in [1.807, 2.05) is 32.2 Å². The highest BCUT2D eigenvalue weighted by atomic mass is 35.5. The fraction of sp³-hybridized carbons (Fsp3) is 0.462. The molecule has 21 heavy (non-hydrogen) atoms. The molecule has 1 N–H and O–H groups in total. The first-order chi connectivity index (χ1) is 9.95. The van der Waals surface area contributed by atoms with Crippen LogP contribution in [0.5, 0.6) is 0 Å². The number of carbonyl (C=O) groups is 1. The summed E-state index contributed by atoms with van der Waals surface area (Å²) in [4.78, 5) is 18.8. The third kappa shape index (κ3) is 4.44. The van der Waals surface area contributed by atoms with E-state index in [0.717, 1.165) is 15.6 Å². The maximum absolute atomic E-state index is 11.8. The summed E-state index contributed by atoms with van der Waals surface area (Å²) in [6.07, 6.45) is 4.80. The van der Waals surface area contributed by atoms with Crippen LogP contribution in [0, 0.1) is 0 Å². The van der Waals surface area contributed by atoms with Gasteiger partial charge in [0.25, 0.3) is 0 Å². The molecule has 1 amide bonds. The van der Waals surface area contributed by atoms with E-state index in [1.54, 1.807) is 10.9 Å². The van der Waals surface area contributed by atoms with E-state index in [1.165, 1.54) is 11.3 Å². The van der Waals surface area contributed by atoms with Gasteiger partial charge in [-0.15, -0.1) is 0 Å². The molecule has 0 aliphatic heterocycles. The van der Waals surface area contributed by atoms with Crippen LogP contribution in [0.1, 0.15) is 16.9 Å². The molecule has 0 aliphatic rings. The van der Waals surface area contributed by atoms with Crippen LogP contribution in [0.4, 0.5) is 5.13 Å². The number of hydrogen-bond donors (Lipinski definition) is 1. The number of carbonyl (C=O) groups excluding carboxylic acids is 1. The number of amides is 1. The zero-order valence-corrected chi connectivity index (χ0v) is 13.8. The Morgan fingerprint density at radius 2 is 2.29 bits per heavy atom. The lowest BCUT2D eigenvalue weighted by molar-refractivity contribution is -0.121. The quantitative estimate of drug-likeness (QED) is 0.879. The molecule has 0 radical (unpaired) electrons. The fourth-order valence-electron chi connectivity index (χ4n) is 1.75. The summed E-state index contributed by atoms with van der Waals surface area (Å²) in [6.45, 7) is 0.413. The molecule has 114 valence electrons. The van der Waals surface area contributed by atoms with Gasteiger partial charge in [0.05, 0.1) is 17.6 Å². The smallest absolute Gasteiger partial charge is 0.220 e. The molecule has 2 aromatic rings. The molecular formula is C13H18ClN5OS. The second-order valence-corrected chi connectivity index (χ2v) is 6.32. The van der Waals surface area contributed by atoms with E-state index in [4.69, 9.17) is 11.6 Å². The standard InChI is InChI=1S/C13H18ClN5OS/c1-18(2)13-17-12(14)10(21-13)7-15-11(20)5-4-9-6-16-19(3)8-9/h6,8H,4-5,7H2,1-3H3,(H,15,20). The lowest BCUT2D eigenvalue weighted by atomic mass is 10.2. The zero-order valence-electron chi connectivity index (χ0n) is 12.3. The summed E-state index contributed by atoms with van der Waals surface area (Å²) in [5.41, 5.74) is 1.05. The number of rotatable bonds is 6. The highest BCUT2D eigenvalue weighted by Crippen LogP contribution is 2.28. The number of hydrogen-bond acceptors (Lipinski definition) is 5. The number of anilines is 1. The van der Waals surface area contributed by atoms with Crippen molar-refractivity contribution in [2.45, 2.75) is 19.4 Å². The molecule has 2 aromatic heterocycles. The van der Waals surface area contributed by atoms with E-state index in [0.29, 0.717) is 24.5 Å². The zero-order chi connectivity index (χ0) is 15.4. The number of nitrogens with one attached hydrogen (secondary N) is 1. The molecule has 6 nitrogen and oxygen atoms in total. The van der Waals surface area contributed by atoms with Gasteiger partial charge in [0.15, 0.2) is 5.13 Å². The lowest BCUT2D eigenvalue weighted by Crippen LogP contribution is -2.22. The Kier molecular flexibility index (Phi) is 5.19. The summed E-state index contributed by atoms with van der Waals surface area (Å²) < 4.78 is 1.73. The van der Waals surface area contributed by atoms with Gasteiger partial charge in [-0.05, 0) is 12.0 Å². The molecule has 0 aliphatic carbocycles. The lowest BCUT2D eigenvalue weighted by Gasteiger charge is -2.05. The van der Waals surface area contributed by atoms with Gasteiger partial charge in [-0.2, -0.15) is 5.10 Å². The molecule has 0 saturated heterocycles. The Balaban J connectivity index is 1.81. The van der Waals surface area contributed by atoms with Crippen molar-refractivity contribution < 1.29 is 4.79 Å². The average molecular weight is 328 g/mol. The second-order valence-electron chi connectivity index (χ2n) is 4.90. The van der Waals surface area contributed by atoms with Crippen LogP contribution in [0.15, 0.2) is 12.4 Å². The molecule has 0 atom stereocenters. The number of halogens is 1. The maximum atomic E-state index is 11.8. The second kappa shape index (κ2) is 6.91. The summed E-state index contributed by atoms with van der Waals surface area (Å²) in [5.74, 6) is -0.00489. The minimum Gasteiger partial charge on any atom is -0.354 e. The molecule has 0 aromatic carbocycles. The van der Waals surface area contributed by atoms with Crippen molar-refractivity contribution in [3.05, 3.63) is 28.0 Å².